The standard InChI is InChI=1S/C22H42O7/c1-17-19(24)20(25)21(26)22(29-17)28-16-14-12-10-8-6-4-3-5-7-9-11-13-15-18(23)27-2/h17,19-22,24-26H,3-16H2,1-2H3/t17-,19-,20+,21+,22+/m0/s1. The predicted molar refractivity (Wildman–Crippen MR) is 110 cm³/mol. The summed E-state index contributed by atoms with van der Waals surface area (Å²) in [6, 6.07) is 0. The summed E-state index contributed by atoms with van der Waals surface area (Å²) in [5.74, 6) is -0.107. The molecule has 1 saturated heterocycles. The number of aliphatic hydroxyl groups excluding tert-OH is 3. The lowest BCUT2D eigenvalue weighted by Gasteiger charge is -2.38. The van der Waals surface area contributed by atoms with E-state index in [-0.39, 0.29) is 5.97 Å². The van der Waals surface area contributed by atoms with Crippen molar-refractivity contribution in [1.29, 1.82) is 0 Å². The molecular weight excluding hydrogens is 376 g/mol. The number of esters is 1. The Morgan fingerprint density at radius 3 is 1.76 bits per heavy atom. The van der Waals surface area contributed by atoms with Crippen molar-refractivity contribution in [3.63, 3.8) is 0 Å². The minimum atomic E-state index is -1.23. The molecule has 1 aliphatic heterocycles. The third kappa shape index (κ3) is 11.3. The van der Waals surface area contributed by atoms with Crippen LogP contribution in [0.25, 0.3) is 0 Å². The summed E-state index contributed by atoms with van der Waals surface area (Å²) in [6.07, 6.45) is 9.52. The van der Waals surface area contributed by atoms with Crippen LogP contribution in [0.3, 0.4) is 0 Å². The van der Waals surface area contributed by atoms with Crippen molar-refractivity contribution in [2.24, 2.45) is 0 Å². The highest BCUT2D eigenvalue weighted by Crippen LogP contribution is 2.22. The van der Waals surface area contributed by atoms with Gasteiger partial charge in [0.05, 0.1) is 13.2 Å². The van der Waals surface area contributed by atoms with Crippen LogP contribution in [0.4, 0.5) is 0 Å². The Bertz CT molecular complexity index is 418. The average Bonchev–Trinajstić information content (AvgIpc) is 2.72. The summed E-state index contributed by atoms with van der Waals surface area (Å²) in [4.78, 5) is 11.0. The second kappa shape index (κ2) is 16.0. The zero-order valence-corrected chi connectivity index (χ0v) is 18.3. The smallest absolute Gasteiger partial charge is 0.305 e. The molecular formula is C22H42O7. The van der Waals surface area contributed by atoms with E-state index in [0.29, 0.717) is 13.0 Å². The Morgan fingerprint density at radius 2 is 1.24 bits per heavy atom. The van der Waals surface area contributed by atoms with Crippen LogP contribution in [0.5, 0.6) is 0 Å². The van der Waals surface area contributed by atoms with Gasteiger partial charge in [-0.25, -0.2) is 0 Å². The Morgan fingerprint density at radius 1 is 0.759 bits per heavy atom. The van der Waals surface area contributed by atoms with Crippen molar-refractivity contribution in [1.82, 2.24) is 0 Å². The molecule has 0 aromatic heterocycles. The third-order valence-electron chi connectivity index (χ3n) is 5.59. The number of rotatable bonds is 16. The van der Waals surface area contributed by atoms with Gasteiger partial charge in [0.2, 0.25) is 0 Å². The zero-order chi connectivity index (χ0) is 21.5. The van der Waals surface area contributed by atoms with Crippen LogP contribution in [0.15, 0.2) is 0 Å². The number of aliphatic hydroxyl groups is 3. The van der Waals surface area contributed by atoms with Crippen LogP contribution in [-0.4, -0.2) is 65.7 Å². The first kappa shape index (κ1) is 26.3. The number of methoxy groups -OCH3 is 1. The number of hydrogen-bond donors (Lipinski definition) is 3. The topological polar surface area (TPSA) is 105 Å². The van der Waals surface area contributed by atoms with E-state index in [1.54, 1.807) is 6.92 Å². The van der Waals surface area contributed by atoms with Crippen LogP contribution in [0, 0.1) is 0 Å². The summed E-state index contributed by atoms with van der Waals surface area (Å²) >= 11 is 0. The SMILES string of the molecule is COC(=O)CCCCCCCCCCCCCCO[C@@H]1O[C@@H](C)[C@H](O)[C@@H](O)[C@H]1O. The fourth-order valence-electron chi connectivity index (χ4n) is 3.59. The molecule has 172 valence electrons. The minimum Gasteiger partial charge on any atom is -0.469 e. The highest BCUT2D eigenvalue weighted by atomic mass is 16.7. The maximum absolute atomic E-state index is 11.0. The number of ether oxygens (including phenoxy) is 3. The van der Waals surface area contributed by atoms with Gasteiger partial charge < -0.3 is 29.5 Å². The van der Waals surface area contributed by atoms with Crippen molar-refractivity contribution in [3.05, 3.63) is 0 Å². The van der Waals surface area contributed by atoms with Crippen LogP contribution in [0.1, 0.15) is 90.4 Å². The molecule has 7 nitrogen and oxygen atoms in total. The summed E-state index contributed by atoms with van der Waals surface area (Å²) in [7, 11) is 1.44. The third-order valence-corrected chi connectivity index (χ3v) is 5.59. The lowest BCUT2D eigenvalue weighted by atomic mass is 10.00. The first-order valence-corrected chi connectivity index (χ1v) is 11.4. The molecule has 7 heteroatoms. The van der Waals surface area contributed by atoms with Crippen LogP contribution < -0.4 is 0 Å². The second-order valence-corrected chi connectivity index (χ2v) is 8.12. The molecule has 0 amide bonds. The van der Waals surface area contributed by atoms with E-state index < -0.39 is 30.7 Å². The summed E-state index contributed by atoms with van der Waals surface area (Å²) < 4.78 is 15.6. The van der Waals surface area contributed by atoms with Gasteiger partial charge in [0.25, 0.3) is 0 Å². The van der Waals surface area contributed by atoms with Crippen LogP contribution in [0.2, 0.25) is 0 Å². The lowest BCUT2D eigenvalue weighted by molar-refractivity contribution is -0.293. The van der Waals surface area contributed by atoms with Crippen molar-refractivity contribution < 1.29 is 34.3 Å². The molecule has 0 radical (unpaired) electrons. The van der Waals surface area contributed by atoms with Crippen LogP contribution in [-0.2, 0) is 19.0 Å². The van der Waals surface area contributed by atoms with Gasteiger partial charge in [-0.1, -0.05) is 64.2 Å². The first-order chi connectivity index (χ1) is 14.0. The largest absolute Gasteiger partial charge is 0.469 e. The Balaban J connectivity index is 1.84. The van der Waals surface area contributed by atoms with Crippen molar-refractivity contribution in [2.45, 2.75) is 121 Å². The van der Waals surface area contributed by atoms with Gasteiger partial charge >= 0.3 is 5.97 Å². The van der Waals surface area contributed by atoms with E-state index in [4.69, 9.17) is 9.47 Å². The van der Waals surface area contributed by atoms with Crippen molar-refractivity contribution >= 4 is 5.97 Å². The molecule has 0 bridgehead atoms. The van der Waals surface area contributed by atoms with Gasteiger partial charge in [-0.05, 0) is 19.8 Å². The molecule has 0 spiro atoms. The summed E-state index contributed by atoms with van der Waals surface area (Å²) in [5, 5.41) is 29.3. The molecule has 3 N–H and O–H groups in total. The lowest BCUT2D eigenvalue weighted by Crippen LogP contribution is -2.57. The fraction of sp³-hybridized carbons (Fsp3) is 0.955. The highest BCUT2D eigenvalue weighted by Gasteiger charge is 2.42. The molecule has 0 aliphatic carbocycles. The Kier molecular flexibility index (Phi) is 14.5. The predicted octanol–water partition coefficient (Wildman–Crippen LogP) is 3.07. The highest BCUT2D eigenvalue weighted by molar-refractivity contribution is 5.68. The van der Waals surface area contributed by atoms with Gasteiger partial charge in [0.15, 0.2) is 6.29 Å². The van der Waals surface area contributed by atoms with Gasteiger partial charge in [0, 0.05) is 13.0 Å². The number of carbonyl (C=O) groups excluding carboxylic acids is 1. The van der Waals surface area contributed by atoms with E-state index in [9.17, 15) is 20.1 Å². The molecule has 0 unspecified atom stereocenters. The maximum Gasteiger partial charge on any atom is 0.305 e. The fourth-order valence-corrected chi connectivity index (χ4v) is 3.59. The second-order valence-electron chi connectivity index (χ2n) is 8.12. The molecule has 0 saturated carbocycles. The van der Waals surface area contributed by atoms with E-state index in [2.05, 4.69) is 4.74 Å². The molecule has 1 rings (SSSR count). The Labute approximate surface area is 175 Å². The maximum atomic E-state index is 11.0. The molecule has 1 aliphatic rings. The number of unbranched alkanes of at least 4 members (excludes halogenated alkanes) is 11. The molecule has 0 aromatic rings. The molecule has 1 heterocycles. The van der Waals surface area contributed by atoms with E-state index >= 15 is 0 Å². The van der Waals surface area contributed by atoms with Crippen LogP contribution >= 0.6 is 0 Å². The average molecular weight is 419 g/mol. The molecule has 29 heavy (non-hydrogen) atoms. The summed E-state index contributed by atoms with van der Waals surface area (Å²) in [6.45, 7) is 2.13. The number of carbonyl (C=O) groups is 1. The van der Waals surface area contributed by atoms with Crippen molar-refractivity contribution in [2.75, 3.05) is 13.7 Å². The van der Waals surface area contributed by atoms with E-state index in [1.165, 1.54) is 58.5 Å². The normalized spacial score (nSPS) is 27.1. The Hall–Kier alpha value is -0.730. The monoisotopic (exact) mass is 418 g/mol. The minimum absolute atomic E-state index is 0.107. The van der Waals surface area contributed by atoms with Gasteiger partial charge in [0.1, 0.15) is 18.3 Å². The first-order valence-electron chi connectivity index (χ1n) is 11.4. The van der Waals surface area contributed by atoms with E-state index in [1.807, 2.05) is 0 Å². The number of hydrogen-bond acceptors (Lipinski definition) is 7. The summed E-state index contributed by atoms with van der Waals surface area (Å²) in [5.41, 5.74) is 0. The van der Waals surface area contributed by atoms with Gasteiger partial charge in [-0.2, -0.15) is 0 Å². The molecule has 5 atom stereocenters. The van der Waals surface area contributed by atoms with E-state index in [0.717, 1.165) is 25.7 Å². The van der Waals surface area contributed by atoms with Gasteiger partial charge in [-0.3, -0.25) is 4.79 Å². The molecule has 0 aromatic carbocycles. The zero-order valence-electron chi connectivity index (χ0n) is 18.3. The van der Waals surface area contributed by atoms with Gasteiger partial charge in [-0.15, -0.1) is 0 Å². The van der Waals surface area contributed by atoms with Crippen molar-refractivity contribution in [3.8, 4) is 0 Å². The molecule has 1 fully saturated rings. The quantitative estimate of drug-likeness (QED) is 0.261.